The Bertz CT molecular complexity index is 1280. The van der Waals surface area contributed by atoms with Crippen molar-refractivity contribution in [3.8, 4) is 11.5 Å². The predicted molar refractivity (Wildman–Crippen MR) is 131 cm³/mol. The molecule has 1 aliphatic heterocycles. The molecule has 3 rings (SSSR count). The van der Waals surface area contributed by atoms with Crippen LogP contribution in [-0.2, 0) is 37.8 Å². The topological polar surface area (TPSA) is 142 Å². The Morgan fingerprint density at radius 2 is 1.86 bits per heavy atom. The highest BCUT2D eigenvalue weighted by molar-refractivity contribution is 7.92. The zero-order valence-electron chi connectivity index (χ0n) is 19.3. The van der Waals surface area contributed by atoms with Crippen molar-refractivity contribution in [2.24, 2.45) is 5.92 Å². The van der Waals surface area contributed by atoms with Crippen LogP contribution in [0.3, 0.4) is 0 Å². The third-order valence-electron chi connectivity index (χ3n) is 5.70. The second kappa shape index (κ2) is 11.2. The number of hydrogen-bond donors (Lipinski definition) is 3. The van der Waals surface area contributed by atoms with Gasteiger partial charge in [0.05, 0.1) is 18.4 Å². The third kappa shape index (κ3) is 7.04. The summed E-state index contributed by atoms with van der Waals surface area (Å²) in [5.74, 6) is -0.0386. The number of phenols is 1. The first kappa shape index (κ1) is 26.7. The number of benzene rings is 2. The molecule has 1 amide bonds. The van der Waals surface area contributed by atoms with Gasteiger partial charge in [0.15, 0.2) is 11.5 Å². The number of phenolic OH excluding ortho intramolecular Hbond substituents is 1. The molecule has 0 aromatic heterocycles. The van der Waals surface area contributed by atoms with E-state index in [-0.39, 0.29) is 48.5 Å². The first-order chi connectivity index (χ1) is 16.5. The van der Waals surface area contributed by atoms with Crippen LogP contribution in [0.25, 0.3) is 0 Å². The van der Waals surface area contributed by atoms with E-state index >= 15 is 0 Å². The lowest BCUT2D eigenvalue weighted by Crippen LogP contribution is -2.32. The molecule has 2 aromatic rings. The van der Waals surface area contributed by atoms with Crippen LogP contribution >= 0.6 is 0 Å². The second-order valence-electron chi connectivity index (χ2n) is 8.18. The van der Waals surface area contributed by atoms with Gasteiger partial charge in [-0.05, 0) is 47.7 Å². The zero-order chi connectivity index (χ0) is 25.6. The van der Waals surface area contributed by atoms with E-state index < -0.39 is 20.0 Å². The molecule has 0 spiro atoms. The molecule has 190 valence electrons. The summed E-state index contributed by atoms with van der Waals surface area (Å²) >= 11 is 0. The quantitative estimate of drug-likeness (QED) is 0.403. The fraction of sp³-hybridized carbons (Fsp3) is 0.348. The van der Waals surface area contributed by atoms with Crippen LogP contribution in [0, 0.1) is 5.92 Å². The minimum atomic E-state index is -3.73. The van der Waals surface area contributed by atoms with Crippen molar-refractivity contribution in [2.75, 3.05) is 26.7 Å². The van der Waals surface area contributed by atoms with Crippen LogP contribution in [0.1, 0.15) is 17.5 Å². The van der Waals surface area contributed by atoms with Crippen LogP contribution in [0.5, 0.6) is 11.5 Å². The fourth-order valence-corrected chi connectivity index (χ4v) is 5.80. The van der Waals surface area contributed by atoms with Crippen molar-refractivity contribution in [3.63, 3.8) is 0 Å². The summed E-state index contributed by atoms with van der Waals surface area (Å²) in [6.45, 7) is 4.15. The first-order valence-electron chi connectivity index (χ1n) is 10.9. The lowest BCUT2D eigenvalue weighted by molar-refractivity contribution is -0.120. The SMILES string of the molecule is C=CS(=O)(=O)NCC1CCN(S(=O)(=O)c2ccc(CC(=O)NCc3ccc(O)c(OC)c3)cc2)C1. The van der Waals surface area contributed by atoms with Gasteiger partial charge in [0.25, 0.3) is 0 Å². The minimum absolute atomic E-state index is 0.0133. The van der Waals surface area contributed by atoms with Gasteiger partial charge in [-0.25, -0.2) is 21.6 Å². The van der Waals surface area contributed by atoms with Gasteiger partial charge in [-0.15, -0.1) is 0 Å². The number of nitrogens with one attached hydrogen (secondary N) is 2. The molecule has 35 heavy (non-hydrogen) atoms. The number of carbonyl (C=O) groups excluding carboxylic acids is 1. The third-order valence-corrected chi connectivity index (χ3v) is 8.59. The van der Waals surface area contributed by atoms with Crippen LogP contribution in [-0.4, -0.2) is 58.9 Å². The number of nitrogens with zero attached hydrogens (tertiary/aromatic N) is 1. The summed E-state index contributed by atoms with van der Waals surface area (Å²) in [5, 5.41) is 13.2. The summed E-state index contributed by atoms with van der Waals surface area (Å²) in [4.78, 5) is 12.4. The Hall–Kier alpha value is -2.93. The Balaban J connectivity index is 1.54. The van der Waals surface area contributed by atoms with E-state index in [4.69, 9.17) is 4.74 Å². The first-order valence-corrected chi connectivity index (χ1v) is 13.9. The molecule has 1 aliphatic rings. The molecule has 1 saturated heterocycles. The van der Waals surface area contributed by atoms with E-state index in [9.17, 15) is 26.7 Å². The molecule has 1 heterocycles. The van der Waals surface area contributed by atoms with E-state index in [0.29, 0.717) is 24.3 Å². The lowest BCUT2D eigenvalue weighted by atomic mass is 10.1. The van der Waals surface area contributed by atoms with Gasteiger partial charge < -0.3 is 15.2 Å². The Labute approximate surface area is 205 Å². The largest absolute Gasteiger partial charge is 0.504 e. The standard InChI is InChI=1S/C23H29N3O7S2/c1-3-34(29,30)25-15-19-10-11-26(16-19)35(31,32)20-7-4-17(5-8-20)13-23(28)24-14-18-6-9-21(27)22(12-18)33-2/h3-9,12,19,25,27H,1,10-11,13-16H2,2H3,(H,24,28). The van der Waals surface area contributed by atoms with Crippen molar-refractivity contribution in [3.05, 3.63) is 65.6 Å². The number of methoxy groups -OCH3 is 1. The Morgan fingerprint density at radius 3 is 2.51 bits per heavy atom. The summed E-state index contributed by atoms with van der Waals surface area (Å²) < 4.78 is 57.8. The van der Waals surface area contributed by atoms with Crippen molar-refractivity contribution in [1.29, 1.82) is 0 Å². The Kier molecular flexibility index (Phi) is 8.54. The number of ether oxygens (including phenoxy) is 1. The number of hydrogen-bond acceptors (Lipinski definition) is 7. The summed E-state index contributed by atoms with van der Waals surface area (Å²) in [6.07, 6.45) is 0.620. The lowest BCUT2D eigenvalue weighted by Gasteiger charge is -2.17. The molecule has 10 nitrogen and oxygen atoms in total. The van der Waals surface area contributed by atoms with E-state index in [1.807, 2.05) is 0 Å². The van der Waals surface area contributed by atoms with Crippen LogP contribution < -0.4 is 14.8 Å². The number of amides is 1. The number of sulfonamides is 2. The normalized spacial score (nSPS) is 16.7. The molecule has 0 bridgehead atoms. The molecule has 1 unspecified atom stereocenters. The van der Waals surface area contributed by atoms with E-state index in [2.05, 4.69) is 16.6 Å². The smallest absolute Gasteiger partial charge is 0.243 e. The molecule has 0 radical (unpaired) electrons. The molecule has 0 saturated carbocycles. The highest BCUT2D eigenvalue weighted by Gasteiger charge is 2.32. The van der Waals surface area contributed by atoms with Gasteiger partial charge >= 0.3 is 0 Å². The average molecular weight is 524 g/mol. The molecule has 3 N–H and O–H groups in total. The van der Waals surface area contributed by atoms with E-state index in [1.54, 1.807) is 24.3 Å². The molecular formula is C23H29N3O7S2. The summed E-state index contributed by atoms with van der Waals surface area (Å²) in [5.41, 5.74) is 1.42. The molecule has 12 heteroatoms. The van der Waals surface area contributed by atoms with Crippen molar-refractivity contribution >= 4 is 26.0 Å². The van der Waals surface area contributed by atoms with E-state index in [1.165, 1.54) is 29.6 Å². The maximum Gasteiger partial charge on any atom is 0.243 e. The van der Waals surface area contributed by atoms with Crippen molar-refractivity contribution in [1.82, 2.24) is 14.3 Å². The van der Waals surface area contributed by atoms with Crippen molar-refractivity contribution in [2.45, 2.75) is 24.3 Å². The Morgan fingerprint density at radius 1 is 1.17 bits per heavy atom. The molecular weight excluding hydrogens is 494 g/mol. The van der Waals surface area contributed by atoms with Gasteiger partial charge in [-0.2, -0.15) is 4.31 Å². The molecule has 1 fully saturated rings. The number of carbonyl (C=O) groups is 1. The molecule has 2 aromatic carbocycles. The minimum Gasteiger partial charge on any atom is -0.504 e. The number of aromatic hydroxyl groups is 1. The second-order valence-corrected chi connectivity index (χ2v) is 11.8. The van der Waals surface area contributed by atoms with Gasteiger partial charge in [0, 0.05) is 31.6 Å². The maximum absolute atomic E-state index is 13.0. The predicted octanol–water partition coefficient (Wildman–Crippen LogP) is 1.33. The highest BCUT2D eigenvalue weighted by Crippen LogP contribution is 2.26. The molecule has 0 aliphatic carbocycles. The van der Waals surface area contributed by atoms with Crippen LogP contribution in [0.15, 0.2) is 59.3 Å². The molecule has 1 atom stereocenters. The monoisotopic (exact) mass is 523 g/mol. The summed E-state index contributed by atoms with van der Waals surface area (Å²) in [6, 6.07) is 10.9. The zero-order valence-corrected chi connectivity index (χ0v) is 20.9. The summed E-state index contributed by atoms with van der Waals surface area (Å²) in [7, 11) is -5.84. The average Bonchev–Trinajstić information content (AvgIpc) is 3.33. The van der Waals surface area contributed by atoms with Crippen molar-refractivity contribution < 1.29 is 31.5 Å². The fourth-order valence-electron chi connectivity index (χ4n) is 3.68. The van der Waals surface area contributed by atoms with Gasteiger partial charge in [-0.1, -0.05) is 24.8 Å². The maximum atomic E-state index is 13.0. The van der Waals surface area contributed by atoms with Crippen LogP contribution in [0.2, 0.25) is 0 Å². The van der Waals surface area contributed by atoms with Gasteiger partial charge in [-0.3, -0.25) is 4.79 Å². The van der Waals surface area contributed by atoms with Crippen LogP contribution in [0.4, 0.5) is 0 Å². The van der Waals surface area contributed by atoms with Gasteiger partial charge in [0.1, 0.15) is 0 Å². The van der Waals surface area contributed by atoms with Gasteiger partial charge in [0.2, 0.25) is 26.0 Å². The highest BCUT2D eigenvalue weighted by atomic mass is 32.2. The number of rotatable bonds is 11. The van der Waals surface area contributed by atoms with E-state index in [0.717, 1.165) is 11.0 Å².